The van der Waals surface area contributed by atoms with Crippen molar-refractivity contribution in [1.82, 2.24) is 9.97 Å². The third-order valence-electron chi connectivity index (χ3n) is 1.77. The second kappa shape index (κ2) is 6.60. The van der Waals surface area contributed by atoms with E-state index in [0.717, 1.165) is 0 Å². The summed E-state index contributed by atoms with van der Waals surface area (Å²) >= 11 is 5.80. The van der Waals surface area contributed by atoms with Crippen LogP contribution in [-0.4, -0.2) is 43.0 Å². The highest BCUT2D eigenvalue weighted by Gasteiger charge is 2.27. The summed E-state index contributed by atoms with van der Waals surface area (Å²) in [6.45, 7) is -1.21. The number of nitrogens with zero attached hydrogens (tertiary/aromatic N) is 2. The summed E-state index contributed by atoms with van der Waals surface area (Å²) in [7, 11) is 1.64. The lowest BCUT2D eigenvalue weighted by molar-refractivity contribution is -0.172. The second-order valence-electron chi connectivity index (χ2n) is 3.23. The molecule has 9 heteroatoms. The van der Waals surface area contributed by atoms with Crippen molar-refractivity contribution in [2.45, 2.75) is 6.18 Å². The summed E-state index contributed by atoms with van der Waals surface area (Å²) in [5.74, 6) is 0.699. The number of halogens is 4. The summed E-state index contributed by atoms with van der Waals surface area (Å²) in [5, 5.41) is 5.76. The molecule has 0 atom stereocenters. The minimum atomic E-state index is -4.31. The fourth-order valence-corrected chi connectivity index (χ4v) is 1.20. The van der Waals surface area contributed by atoms with E-state index < -0.39 is 12.8 Å². The zero-order valence-corrected chi connectivity index (χ0v) is 10.3. The maximum Gasteiger partial charge on any atom is 0.411 e. The molecule has 0 fully saturated rings. The molecule has 18 heavy (non-hydrogen) atoms. The van der Waals surface area contributed by atoms with E-state index in [2.05, 4.69) is 25.3 Å². The molecule has 0 bridgehead atoms. The quantitative estimate of drug-likeness (QED) is 0.784. The van der Waals surface area contributed by atoms with Crippen molar-refractivity contribution in [1.29, 1.82) is 0 Å². The Kier molecular flexibility index (Phi) is 5.42. The summed E-state index contributed by atoms with van der Waals surface area (Å²) in [6, 6.07) is 0. The first-order valence-electron chi connectivity index (χ1n) is 5.01. The maximum absolute atomic E-state index is 11.8. The lowest BCUT2D eigenvalue weighted by Crippen LogP contribution is -2.20. The van der Waals surface area contributed by atoms with Crippen molar-refractivity contribution in [3.8, 4) is 0 Å². The average Bonchev–Trinajstić information content (AvgIpc) is 2.29. The van der Waals surface area contributed by atoms with Gasteiger partial charge in [-0.05, 0) is 0 Å². The fourth-order valence-electron chi connectivity index (χ4n) is 1.04. The van der Waals surface area contributed by atoms with Crippen molar-refractivity contribution in [2.75, 3.05) is 37.4 Å². The summed E-state index contributed by atoms with van der Waals surface area (Å²) in [5.41, 5.74) is 0. The van der Waals surface area contributed by atoms with Gasteiger partial charge in [0.15, 0.2) is 5.82 Å². The Morgan fingerprint density at radius 2 is 2.17 bits per heavy atom. The van der Waals surface area contributed by atoms with Crippen molar-refractivity contribution >= 4 is 23.4 Å². The number of aromatic nitrogens is 2. The number of anilines is 2. The lowest BCUT2D eigenvalue weighted by Gasteiger charge is -2.10. The van der Waals surface area contributed by atoms with Crippen LogP contribution >= 0.6 is 11.6 Å². The topological polar surface area (TPSA) is 59.1 Å². The number of hydrogen-bond donors (Lipinski definition) is 2. The molecule has 0 amide bonds. The van der Waals surface area contributed by atoms with Gasteiger partial charge in [0.25, 0.3) is 0 Å². The first-order chi connectivity index (χ1) is 8.42. The van der Waals surface area contributed by atoms with Gasteiger partial charge in [0, 0.05) is 13.6 Å². The fraction of sp³-hybridized carbons (Fsp3) is 0.556. The van der Waals surface area contributed by atoms with E-state index in [4.69, 9.17) is 11.6 Å². The minimum Gasteiger partial charge on any atom is -0.370 e. The number of hydrogen-bond acceptors (Lipinski definition) is 5. The van der Waals surface area contributed by atoms with Crippen LogP contribution in [0, 0.1) is 0 Å². The van der Waals surface area contributed by atoms with Crippen molar-refractivity contribution in [3.05, 3.63) is 11.2 Å². The van der Waals surface area contributed by atoms with E-state index in [-0.39, 0.29) is 18.2 Å². The smallest absolute Gasteiger partial charge is 0.370 e. The Balaban J connectivity index is 2.35. The molecule has 102 valence electrons. The van der Waals surface area contributed by atoms with E-state index in [9.17, 15) is 13.2 Å². The number of nitrogens with one attached hydrogen (secondary N) is 2. The Hall–Kier alpha value is -1.28. The molecule has 1 aromatic rings. The molecule has 0 aliphatic carbocycles. The van der Waals surface area contributed by atoms with Crippen LogP contribution in [0.5, 0.6) is 0 Å². The van der Waals surface area contributed by atoms with Gasteiger partial charge in [0.2, 0.25) is 5.95 Å². The molecule has 0 aliphatic rings. The Morgan fingerprint density at radius 1 is 1.44 bits per heavy atom. The molecule has 0 saturated heterocycles. The molecule has 0 radical (unpaired) electrons. The zero-order chi connectivity index (χ0) is 13.6. The minimum absolute atomic E-state index is 0.102. The molecule has 1 rings (SSSR count). The Morgan fingerprint density at radius 3 is 2.78 bits per heavy atom. The van der Waals surface area contributed by atoms with Gasteiger partial charge in [0.1, 0.15) is 11.6 Å². The normalized spacial score (nSPS) is 11.4. The molecule has 0 aromatic carbocycles. The molecule has 0 spiro atoms. The largest absolute Gasteiger partial charge is 0.411 e. The van der Waals surface area contributed by atoms with Crippen LogP contribution in [0.4, 0.5) is 24.9 Å². The molecule has 1 aromatic heterocycles. The van der Waals surface area contributed by atoms with E-state index in [0.29, 0.717) is 11.8 Å². The number of ether oxygens (including phenoxy) is 1. The molecule has 0 unspecified atom stereocenters. The van der Waals surface area contributed by atoms with Gasteiger partial charge >= 0.3 is 6.18 Å². The van der Waals surface area contributed by atoms with E-state index in [1.54, 1.807) is 7.05 Å². The molecule has 0 saturated carbocycles. The molecular formula is C9H12ClF3N4O. The van der Waals surface area contributed by atoms with E-state index >= 15 is 0 Å². The predicted octanol–water partition coefficient (Wildman–Crippen LogP) is 2.16. The summed E-state index contributed by atoms with van der Waals surface area (Å²) in [4.78, 5) is 7.85. The first-order valence-corrected chi connectivity index (χ1v) is 5.39. The van der Waals surface area contributed by atoms with E-state index in [1.807, 2.05) is 0 Å². The highest BCUT2D eigenvalue weighted by atomic mass is 35.5. The van der Waals surface area contributed by atoms with Crippen LogP contribution in [0.25, 0.3) is 0 Å². The van der Waals surface area contributed by atoms with Crippen molar-refractivity contribution < 1.29 is 17.9 Å². The summed E-state index contributed by atoms with van der Waals surface area (Å²) < 4.78 is 39.7. The van der Waals surface area contributed by atoms with Crippen LogP contribution in [-0.2, 0) is 4.74 Å². The monoisotopic (exact) mass is 284 g/mol. The highest BCUT2D eigenvalue weighted by Crippen LogP contribution is 2.19. The van der Waals surface area contributed by atoms with Gasteiger partial charge < -0.3 is 15.4 Å². The molecule has 2 N–H and O–H groups in total. The third kappa shape index (κ3) is 5.37. The van der Waals surface area contributed by atoms with Gasteiger partial charge in [-0.15, -0.1) is 0 Å². The van der Waals surface area contributed by atoms with Gasteiger partial charge in [-0.1, -0.05) is 11.6 Å². The SMILES string of the molecule is CNc1ncc(Cl)c(NCCOCC(F)(F)F)n1. The van der Waals surface area contributed by atoms with Gasteiger partial charge in [-0.3, -0.25) is 0 Å². The van der Waals surface area contributed by atoms with Crippen LogP contribution < -0.4 is 10.6 Å². The molecule has 0 aliphatic heterocycles. The average molecular weight is 285 g/mol. The first kappa shape index (κ1) is 14.8. The van der Waals surface area contributed by atoms with Crippen LogP contribution in [0.15, 0.2) is 6.20 Å². The molecular weight excluding hydrogens is 273 g/mol. The Labute approximate surface area is 107 Å². The lowest BCUT2D eigenvalue weighted by atomic mass is 10.5. The summed E-state index contributed by atoms with van der Waals surface area (Å²) in [6.07, 6.45) is -2.93. The molecule has 1 heterocycles. The van der Waals surface area contributed by atoms with Crippen LogP contribution in [0.1, 0.15) is 0 Å². The standard InChI is InChI=1S/C9H12ClF3N4O/c1-14-8-16-4-6(10)7(17-8)15-2-3-18-5-9(11,12)13/h4H,2-3,5H2,1H3,(H2,14,15,16,17). The van der Waals surface area contributed by atoms with Crippen molar-refractivity contribution in [3.63, 3.8) is 0 Å². The third-order valence-corrected chi connectivity index (χ3v) is 2.05. The Bertz CT molecular complexity index is 389. The maximum atomic E-state index is 11.8. The van der Waals surface area contributed by atoms with Gasteiger partial charge in [-0.25, -0.2) is 4.98 Å². The second-order valence-corrected chi connectivity index (χ2v) is 3.64. The van der Waals surface area contributed by atoms with Crippen LogP contribution in [0.2, 0.25) is 5.02 Å². The van der Waals surface area contributed by atoms with Gasteiger partial charge in [0.05, 0.1) is 12.8 Å². The number of alkyl halides is 3. The molecule has 5 nitrogen and oxygen atoms in total. The predicted molar refractivity (Wildman–Crippen MR) is 62.0 cm³/mol. The highest BCUT2D eigenvalue weighted by molar-refractivity contribution is 6.32. The van der Waals surface area contributed by atoms with Gasteiger partial charge in [-0.2, -0.15) is 18.2 Å². The number of rotatable bonds is 6. The van der Waals surface area contributed by atoms with Crippen molar-refractivity contribution in [2.24, 2.45) is 0 Å². The van der Waals surface area contributed by atoms with Crippen LogP contribution in [0.3, 0.4) is 0 Å². The van der Waals surface area contributed by atoms with E-state index in [1.165, 1.54) is 6.20 Å². The zero-order valence-electron chi connectivity index (χ0n) is 9.51.